The topological polar surface area (TPSA) is 21.3 Å². The molecule has 21 heavy (non-hydrogen) atoms. The number of aryl methyl sites for hydroxylation is 2. The van der Waals surface area contributed by atoms with Gasteiger partial charge in [-0.1, -0.05) is 34.1 Å². The third kappa shape index (κ3) is 3.86. The first kappa shape index (κ1) is 14.6. The molecule has 0 amide bonds. The van der Waals surface area contributed by atoms with E-state index in [9.17, 15) is 0 Å². The average Bonchev–Trinajstić information content (AvgIpc) is 3.26. The maximum atomic E-state index is 6.18. The van der Waals surface area contributed by atoms with Crippen LogP contribution in [0.2, 0.25) is 0 Å². The van der Waals surface area contributed by atoms with Crippen LogP contribution in [0, 0.1) is 13.8 Å². The fraction of sp³-hybridized carbons (Fsp3) is 0.333. The van der Waals surface area contributed by atoms with E-state index < -0.39 is 0 Å². The smallest absolute Gasteiger partial charge is 0.133 e. The van der Waals surface area contributed by atoms with Crippen LogP contribution >= 0.6 is 15.9 Å². The standard InChI is InChI=1S/C18H20BrNO/c1-12-3-4-13(2)17(9-12)21-18-10-15(19)6-5-14(18)11-20-16-7-8-16/h3-6,9-10,16,20H,7-8,11H2,1-2H3. The molecule has 2 aromatic carbocycles. The zero-order valence-electron chi connectivity index (χ0n) is 12.4. The fourth-order valence-electron chi connectivity index (χ4n) is 2.25. The molecular formula is C18H20BrNO. The number of nitrogens with one attached hydrogen (secondary N) is 1. The SMILES string of the molecule is Cc1ccc(C)c(Oc2cc(Br)ccc2CNC2CC2)c1. The van der Waals surface area contributed by atoms with Crippen molar-refractivity contribution < 1.29 is 4.74 Å². The number of hydrogen-bond acceptors (Lipinski definition) is 2. The van der Waals surface area contributed by atoms with Crippen molar-refractivity contribution in [2.45, 2.75) is 39.3 Å². The van der Waals surface area contributed by atoms with Crippen molar-refractivity contribution in [1.29, 1.82) is 0 Å². The molecule has 1 saturated carbocycles. The van der Waals surface area contributed by atoms with Crippen molar-refractivity contribution in [1.82, 2.24) is 5.32 Å². The van der Waals surface area contributed by atoms with Crippen molar-refractivity contribution in [3.8, 4) is 11.5 Å². The Morgan fingerprint density at radius 2 is 1.90 bits per heavy atom. The minimum Gasteiger partial charge on any atom is -0.457 e. The summed E-state index contributed by atoms with van der Waals surface area (Å²) in [7, 11) is 0. The van der Waals surface area contributed by atoms with Crippen LogP contribution in [-0.4, -0.2) is 6.04 Å². The number of halogens is 1. The molecule has 1 fully saturated rings. The van der Waals surface area contributed by atoms with Crippen molar-refractivity contribution >= 4 is 15.9 Å². The molecule has 0 radical (unpaired) electrons. The van der Waals surface area contributed by atoms with Gasteiger partial charge in [0.1, 0.15) is 11.5 Å². The zero-order valence-corrected chi connectivity index (χ0v) is 14.0. The largest absolute Gasteiger partial charge is 0.457 e. The number of hydrogen-bond donors (Lipinski definition) is 1. The molecule has 0 aliphatic heterocycles. The van der Waals surface area contributed by atoms with Crippen molar-refractivity contribution in [2.75, 3.05) is 0 Å². The van der Waals surface area contributed by atoms with Gasteiger partial charge in [0.2, 0.25) is 0 Å². The first-order chi connectivity index (χ1) is 10.1. The van der Waals surface area contributed by atoms with Crippen LogP contribution in [0.4, 0.5) is 0 Å². The summed E-state index contributed by atoms with van der Waals surface area (Å²) < 4.78 is 7.22. The summed E-state index contributed by atoms with van der Waals surface area (Å²) in [5.41, 5.74) is 3.57. The van der Waals surface area contributed by atoms with E-state index in [2.05, 4.69) is 65.4 Å². The molecule has 0 saturated heterocycles. The van der Waals surface area contributed by atoms with E-state index in [4.69, 9.17) is 4.74 Å². The van der Waals surface area contributed by atoms with Gasteiger partial charge in [0.15, 0.2) is 0 Å². The lowest BCUT2D eigenvalue weighted by Crippen LogP contribution is -2.15. The van der Waals surface area contributed by atoms with E-state index in [1.165, 1.54) is 24.0 Å². The minimum atomic E-state index is 0.696. The first-order valence-corrected chi connectivity index (χ1v) is 8.18. The first-order valence-electron chi connectivity index (χ1n) is 7.39. The highest BCUT2D eigenvalue weighted by Crippen LogP contribution is 2.31. The Labute approximate surface area is 134 Å². The van der Waals surface area contributed by atoms with Crippen LogP contribution in [0.1, 0.15) is 29.5 Å². The molecule has 1 aliphatic carbocycles. The van der Waals surface area contributed by atoms with Crippen LogP contribution in [0.25, 0.3) is 0 Å². The molecule has 3 heteroatoms. The van der Waals surface area contributed by atoms with Gasteiger partial charge in [-0.25, -0.2) is 0 Å². The Morgan fingerprint density at radius 1 is 1.10 bits per heavy atom. The monoisotopic (exact) mass is 345 g/mol. The van der Waals surface area contributed by atoms with E-state index >= 15 is 0 Å². The second-order valence-electron chi connectivity index (χ2n) is 5.78. The van der Waals surface area contributed by atoms with Crippen molar-refractivity contribution in [2.24, 2.45) is 0 Å². The molecule has 1 N–H and O–H groups in total. The van der Waals surface area contributed by atoms with Crippen LogP contribution in [-0.2, 0) is 6.54 Å². The summed E-state index contributed by atoms with van der Waals surface area (Å²) in [6.07, 6.45) is 2.59. The molecule has 3 rings (SSSR count). The van der Waals surface area contributed by atoms with E-state index in [0.717, 1.165) is 28.1 Å². The number of rotatable bonds is 5. The summed E-state index contributed by atoms with van der Waals surface area (Å²) >= 11 is 3.53. The fourth-order valence-corrected chi connectivity index (χ4v) is 2.59. The predicted molar refractivity (Wildman–Crippen MR) is 90.0 cm³/mol. The van der Waals surface area contributed by atoms with Gasteiger partial charge in [-0.3, -0.25) is 0 Å². The third-order valence-corrected chi connectivity index (χ3v) is 4.24. The van der Waals surface area contributed by atoms with Gasteiger partial charge in [0.25, 0.3) is 0 Å². The summed E-state index contributed by atoms with van der Waals surface area (Å²) in [5, 5.41) is 3.55. The molecule has 110 valence electrons. The summed E-state index contributed by atoms with van der Waals surface area (Å²) in [6.45, 7) is 5.02. The quantitative estimate of drug-likeness (QED) is 0.812. The second-order valence-corrected chi connectivity index (χ2v) is 6.69. The van der Waals surface area contributed by atoms with Gasteiger partial charge in [0.05, 0.1) is 0 Å². The Hall–Kier alpha value is -1.32. The van der Waals surface area contributed by atoms with E-state index in [0.29, 0.717) is 6.04 Å². The molecule has 1 aliphatic rings. The maximum Gasteiger partial charge on any atom is 0.133 e. The highest BCUT2D eigenvalue weighted by molar-refractivity contribution is 9.10. The Kier molecular flexibility index (Phi) is 4.32. The summed E-state index contributed by atoms with van der Waals surface area (Å²) in [4.78, 5) is 0. The summed E-state index contributed by atoms with van der Waals surface area (Å²) in [6, 6.07) is 13.2. The van der Waals surface area contributed by atoms with Crippen molar-refractivity contribution in [3.05, 3.63) is 57.6 Å². The van der Waals surface area contributed by atoms with Gasteiger partial charge < -0.3 is 10.1 Å². The zero-order chi connectivity index (χ0) is 14.8. The van der Waals surface area contributed by atoms with Crippen LogP contribution in [0.5, 0.6) is 11.5 Å². The van der Waals surface area contributed by atoms with E-state index in [-0.39, 0.29) is 0 Å². The normalized spacial score (nSPS) is 14.2. The van der Waals surface area contributed by atoms with Crippen LogP contribution in [0.3, 0.4) is 0 Å². The molecule has 2 aromatic rings. The van der Waals surface area contributed by atoms with Crippen molar-refractivity contribution in [3.63, 3.8) is 0 Å². The Bertz CT molecular complexity index is 650. The molecule has 2 nitrogen and oxygen atoms in total. The lowest BCUT2D eigenvalue weighted by atomic mass is 10.1. The second kappa shape index (κ2) is 6.20. The lowest BCUT2D eigenvalue weighted by Gasteiger charge is -2.14. The summed E-state index contributed by atoms with van der Waals surface area (Å²) in [5.74, 6) is 1.85. The third-order valence-electron chi connectivity index (χ3n) is 3.75. The molecule has 0 atom stereocenters. The van der Waals surface area contributed by atoms with Gasteiger partial charge in [-0.05, 0) is 56.0 Å². The van der Waals surface area contributed by atoms with E-state index in [1.54, 1.807) is 0 Å². The van der Waals surface area contributed by atoms with Crippen LogP contribution < -0.4 is 10.1 Å². The molecular weight excluding hydrogens is 326 g/mol. The maximum absolute atomic E-state index is 6.18. The van der Waals surface area contributed by atoms with Gasteiger partial charge in [-0.15, -0.1) is 0 Å². The molecule has 0 bridgehead atoms. The van der Waals surface area contributed by atoms with Gasteiger partial charge in [-0.2, -0.15) is 0 Å². The highest BCUT2D eigenvalue weighted by Gasteiger charge is 2.20. The molecule has 0 unspecified atom stereocenters. The Balaban J connectivity index is 1.85. The molecule has 0 spiro atoms. The molecule has 0 aromatic heterocycles. The number of benzene rings is 2. The predicted octanol–water partition coefficient (Wildman–Crippen LogP) is 5.11. The number of ether oxygens (including phenoxy) is 1. The minimum absolute atomic E-state index is 0.696. The Morgan fingerprint density at radius 3 is 2.67 bits per heavy atom. The van der Waals surface area contributed by atoms with E-state index in [1.807, 2.05) is 6.07 Å². The molecule has 0 heterocycles. The highest BCUT2D eigenvalue weighted by atomic mass is 79.9. The van der Waals surface area contributed by atoms with Gasteiger partial charge >= 0.3 is 0 Å². The average molecular weight is 346 g/mol. The van der Waals surface area contributed by atoms with Gasteiger partial charge in [0, 0.05) is 22.6 Å². The lowest BCUT2D eigenvalue weighted by molar-refractivity contribution is 0.468. The van der Waals surface area contributed by atoms with Crippen LogP contribution in [0.15, 0.2) is 40.9 Å².